The molecule has 2 N–H and O–H groups in total. The largest absolute Gasteiger partial charge is 0.388 e. The van der Waals surface area contributed by atoms with Crippen LogP contribution >= 0.6 is 0 Å². The monoisotopic (exact) mass is 329 g/mol. The van der Waals surface area contributed by atoms with E-state index in [-0.39, 0.29) is 17.8 Å². The second kappa shape index (κ2) is 7.13. The van der Waals surface area contributed by atoms with Crippen LogP contribution in [-0.4, -0.2) is 32.9 Å². The third-order valence-electron chi connectivity index (χ3n) is 4.71. The Balaban J connectivity index is 1.59. The van der Waals surface area contributed by atoms with Gasteiger partial charge in [0.1, 0.15) is 0 Å². The van der Waals surface area contributed by atoms with Crippen LogP contribution < -0.4 is 10.7 Å². The molecule has 0 atom stereocenters. The van der Waals surface area contributed by atoms with Crippen LogP contribution in [0.3, 0.4) is 0 Å². The number of para-hydroxylation sites is 1. The molecule has 1 saturated carbocycles. The van der Waals surface area contributed by atoms with E-state index in [2.05, 4.69) is 10.4 Å². The molecular weight excluding hydrogens is 306 g/mol. The van der Waals surface area contributed by atoms with Crippen molar-refractivity contribution in [3.63, 3.8) is 0 Å². The summed E-state index contributed by atoms with van der Waals surface area (Å²) in [5.41, 5.74) is -0.148. The lowest BCUT2D eigenvalue weighted by molar-refractivity contribution is -0.123. The van der Waals surface area contributed by atoms with E-state index in [1.54, 1.807) is 10.7 Å². The second-order valence-electron chi connectivity index (χ2n) is 6.56. The third kappa shape index (κ3) is 3.82. The van der Waals surface area contributed by atoms with Gasteiger partial charge in [-0.2, -0.15) is 5.10 Å². The van der Waals surface area contributed by atoms with Crippen molar-refractivity contribution in [3.8, 4) is 0 Å². The molecular formula is C18H23N3O3. The number of aliphatic hydroxyl groups is 1. The van der Waals surface area contributed by atoms with Gasteiger partial charge in [-0.15, -0.1) is 0 Å². The number of carbonyl (C=O) groups excluding carboxylic acids is 1. The van der Waals surface area contributed by atoms with Crippen molar-refractivity contribution in [1.29, 1.82) is 0 Å². The Bertz CT molecular complexity index is 778. The first-order chi connectivity index (χ1) is 11.6. The van der Waals surface area contributed by atoms with Gasteiger partial charge in [-0.25, -0.2) is 0 Å². The van der Waals surface area contributed by atoms with Gasteiger partial charge in [0.15, 0.2) is 0 Å². The van der Waals surface area contributed by atoms with Crippen molar-refractivity contribution >= 4 is 16.8 Å². The fourth-order valence-corrected chi connectivity index (χ4v) is 3.28. The summed E-state index contributed by atoms with van der Waals surface area (Å²) in [6.07, 6.45) is 6.22. The lowest BCUT2D eigenvalue weighted by Crippen LogP contribution is -2.44. The average molecular weight is 329 g/mol. The summed E-state index contributed by atoms with van der Waals surface area (Å²) in [6, 6.07) is 7.24. The number of aromatic nitrogens is 2. The van der Waals surface area contributed by atoms with Crippen molar-refractivity contribution in [1.82, 2.24) is 15.1 Å². The zero-order valence-corrected chi connectivity index (χ0v) is 13.7. The fourth-order valence-electron chi connectivity index (χ4n) is 3.28. The van der Waals surface area contributed by atoms with Gasteiger partial charge in [-0.05, 0) is 25.0 Å². The molecule has 1 heterocycles. The molecule has 128 valence electrons. The Morgan fingerprint density at radius 2 is 2.00 bits per heavy atom. The van der Waals surface area contributed by atoms with E-state index in [1.165, 1.54) is 6.20 Å². The number of aryl methyl sites for hydroxylation is 1. The molecule has 0 aliphatic heterocycles. The molecule has 0 spiro atoms. The highest BCUT2D eigenvalue weighted by atomic mass is 16.3. The minimum atomic E-state index is -0.754. The first kappa shape index (κ1) is 16.6. The van der Waals surface area contributed by atoms with Crippen molar-refractivity contribution in [2.45, 2.75) is 50.7 Å². The molecule has 1 aromatic heterocycles. The van der Waals surface area contributed by atoms with E-state index in [0.29, 0.717) is 18.5 Å². The number of carbonyl (C=O) groups is 1. The predicted octanol–water partition coefficient (Wildman–Crippen LogP) is 1.60. The van der Waals surface area contributed by atoms with E-state index in [9.17, 15) is 14.7 Å². The van der Waals surface area contributed by atoms with Gasteiger partial charge in [-0.3, -0.25) is 14.3 Å². The van der Waals surface area contributed by atoms with Crippen molar-refractivity contribution in [2.75, 3.05) is 6.54 Å². The Hall–Kier alpha value is -2.21. The van der Waals surface area contributed by atoms with Crippen LogP contribution in [0.4, 0.5) is 0 Å². The van der Waals surface area contributed by atoms with Gasteiger partial charge >= 0.3 is 0 Å². The summed E-state index contributed by atoms with van der Waals surface area (Å²) < 4.78 is 1.67. The highest BCUT2D eigenvalue weighted by Gasteiger charge is 2.29. The van der Waals surface area contributed by atoms with Crippen LogP contribution in [0.2, 0.25) is 0 Å². The zero-order chi connectivity index (χ0) is 17.0. The van der Waals surface area contributed by atoms with E-state index in [4.69, 9.17) is 0 Å². The Morgan fingerprint density at radius 1 is 1.25 bits per heavy atom. The summed E-state index contributed by atoms with van der Waals surface area (Å²) in [4.78, 5) is 23.9. The third-order valence-corrected chi connectivity index (χ3v) is 4.71. The Labute approximate surface area is 140 Å². The first-order valence-corrected chi connectivity index (χ1v) is 8.51. The number of rotatable bonds is 5. The second-order valence-corrected chi connectivity index (χ2v) is 6.56. The molecule has 1 aromatic carbocycles. The van der Waals surface area contributed by atoms with Gasteiger partial charge in [0.05, 0.1) is 23.9 Å². The van der Waals surface area contributed by atoms with Crippen LogP contribution in [0, 0.1) is 0 Å². The lowest BCUT2D eigenvalue weighted by atomic mass is 9.85. The number of amides is 1. The predicted molar refractivity (Wildman–Crippen MR) is 91.7 cm³/mol. The van der Waals surface area contributed by atoms with Crippen LogP contribution in [-0.2, 0) is 11.3 Å². The molecule has 3 rings (SSSR count). The minimum Gasteiger partial charge on any atom is -0.388 e. The highest BCUT2D eigenvalue weighted by molar-refractivity contribution is 5.79. The topological polar surface area (TPSA) is 84.2 Å². The number of fused-ring (bicyclic) bond motifs is 1. The Kier molecular flexibility index (Phi) is 4.94. The van der Waals surface area contributed by atoms with Crippen LogP contribution in [0.25, 0.3) is 10.9 Å². The molecule has 2 aromatic rings. The first-order valence-electron chi connectivity index (χ1n) is 8.51. The van der Waals surface area contributed by atoms with Crippen molar-refractivity contribution in [2.24, 2.45) is 0 Å². The van der Waals surface area contributed by atoms with Gasteiger partial charge in [0.25, 0.3) is 0 Å². The standard InChI is InChI=1S/C18H23N3O3/c22-16-12-20-21(15-7-3-2-6-14(15)16)11-8-17(23)19-13-18(24)9-4-1-5-10-18/h2-3,6-7,12,24H,1,4-5,8-11,13H2,(H,19,23). The van der Waals surface area contributed by atoms with Crippen molar-refractivity contribution < 1.29 is 9.90 Å². The summed E-state index contributed by atoms with van der Waals surface area (Å²) in [7, 11) is 0. The Morgan fingerprint density at radius 3 is 2.79 bits per heavy atom. The van der Waals surface area contributed by atoms with Gasteiger partial charge in [0, 0.05) is 18.4 Å². The molecule has 24 heavy (non-hydrogen) atoms. The smallest absolute Gasteiger partial charge is 0.221 e. The number of nitrogens with one attached hydrogen (secondary N) is 1. The van der Waals surface area contributed by atoms with Crippen LogP contribution in [0.5, 0.6) is 0 Å². The van der Waals surface area contributed by atoms with Gasteiger partial charge in [-0.1, -0.05) is 31.4 Å². The van der Waals surface area contributed by atoms with Crippen LogP contribution in [0.15, 0.2) is 35.3 Å². The normalized spacial score (nSPS) is 16.9. The minimum absolute atomic E-state index is 0.112. The molecule has 0 radical (unpaired) electrons. The molecule has 6 heteroatoms. The van der Waals surface area contributed by atoms with E-state index < -0.39 is 5.60 Å². The maximum absolute atomic E-state index is 12.1. The molecule has 6 nitrogen and oxygen atoms in total. The molecule has 0 bridgehead atoms. The van der Waals surface area contributed by atoms with Gasteiger partial charge in [0.2, 0.25) is 11.3 Å². The maximum atomic E-state index is 12.1. The zero-order valence-electron chi connectivity index (χ0n) is 13.7. The molecule has 1 aliphatic rings. The van der Waals surface area contributed by atoms with E-state index >= 15 is 0 Å². The SMILES string of the molecule is O=C(CCn1ncc(=O)c2ccccc21)NCC1(O)CCCCC1. The molecule has 0 unspecified atom stereocenters. The van der Waals surface area contributed by atoms with Crippen molar-refractivity contribution in [3.05, 3.63) is 40.7 Å². The lowest BCUT2D eigenvalue weighted by Gasteiger charge is -2.32. The van der Waals surface area contributed by atoms with E-state index in [1.807, 2.05) is 18.2 Å². The number of hydrogen-bond acceptors (Lipinski definition) is 4. The molecule has 0 saturated heterocycles. The summed E-state index contributed by atoms with van der Waals surface area (Å²) in [5.74, 6) is -0.112. The number of hydrogen-bond donors (Lipinski definition) is 2. The summed E-state index contributed by atoms with van der Waals surface area (Å²) in [5, 5.41) is 18.0. The van der Waals surface area contributed by atoms with Crippen LogP contribution in [0.1, 0.15) is 38.5 Å². The maximum Gasteiger partial charge on any atom is 0.221 e. The molecule has 1 amide bonds. The molecule has 1 fully saturated rings. The molecule has 1 aliphatic carbocycles. The summed E-state index contributed by atoms with van der Waals surface area (Å²) in [6.45, 7) is 0.704. The average Bonchev–Trinajstić information content (AvgIpc) is 2.60. The quantitative estimate of drug-likeness (QED) is 0.872. The summed E-state index contributed by atoms with van der Waals surface area (Å²) >= 11 is 0. The number of nitrogens with zero attached hydrogens (tertiary/aromatic N) is 2. The van der Waals surface area contributed by atoms with E-state index in [0.717, 1.165) is 37.6 Å². The highest BCUT2D eigenvalue weighted by Crippen LogP contribution is 2.27. The van der Waals surface area contributed by atoms with Gasteiger partial charge < -0.3 is 10.4 Å². The fraction of sp³-hybridized carbons (Fsp3) is 0.500. The number of benzene rings is 1.